The van der Waals surface area contributed by atoms with E-state index in [9.17, 15) is 4.39 Å². The Morgan fingerprint density at radius 3 is 2.85 bits per heavy atom. The second-order valence-corrected chi connectivity index (χ2v) is 5.94. The Balaban J connectivity index is 2.01. The van der Waals surface area contributed by atoms with E-state index in [1.54, 1.807) is 23.9 Å². The standard InChI is InChI=1S/C16H17ClFNS/c1-2-19-10-12-4-3-5-15(8-12)20-11-13-9-14(17)6-7-16(13)18/h3-9,19H,2,10-11H2,1H3. The first-order valence-corrected chi connectivity index (χ1v) is 7.92. The van der Waals surface area contributed by atoms with Crippen molar-refractivity contribution in [1.82, 2.24) is 5.32 Å². The van der Waals surface area contributed by atoms with E-state index in [1.807, 2.05) is 12.1 Å². The fourth-order valence-corrected chi connectivity index (χ4v) is 2.98. The van der Waals surface area contributed by atoms with E-state index >= 15 is 0 Å². The van der Waals surface area contributed by atoms with E-state index in [-0.39, 0.29) is 5.82 Å². The van der Waals surface area contributed by atoms with Crippen molar-refractivity contribution in [1.29, 1.82) is 0 Å². The molecule has 0 unspecified atom stereocenters. The number of hydrogen-bond acceptors (Lipinski definition) is 2. The van der Waals surface area contributed by atoms with Crippen LogP contribution in [0.5, 0.6) is 0 Å². The average Bonchev–Trinajstić information content (AvgIpc) is 2.46. The summed E-state index contributed by atoms with van der Waals surface area (Å²) in [6, 6.07) is 13.0. The van der Waals surface area contributed by atoms with Crippen LogP contribution in [0.4, 0.5) is 4.39 Å². The predicted octanol–water partition coefficient (Wildman–Crippen LogP) is 4.88. The SMILES string of the molecule is CCNCc1cccc(SCc2cc(Cl)ccc2F)c1. The average molecular weight is 310 g/mol. The van der Waals surface area contributed by atoms with Crippen LogP contribution in [0, 0.1) is 5.82 Å². The Hall–Kier alpha value is -1.03. The summed E-state index contributed by atoms with van der Waals surface area (Å²) in [5.41, 5.74) is 1.88. The van der Waals surface area contributed by atoms with Crippen LogP contribution in [0.1, 0.15) is 18.1 Å². The van der Waals surface area contributed by atoms with Crippen molar-refractivity contribution in [2.75, 3.05) is 6.54 Å². The number of hydrogen-bond donors (Lipinski definition) is 1. The number of benzene rings is 2. The molecule has 2 aromatic rings. The van der Waals surface area contributed by atoms with Gasteiger partial charge in [-0.2, -0.15) is 0 Å². The van der Waals surface area contributed by atoms with Gasteiger partial charge in [0.1, 0.15) is 5.82 Å². The van der Waals surface area contributed by atoms with Gasteiger partial charge in [0.15, 0.2) is 0 Å². The van der Waals surface area contributed by atoms with Gasteiger partial charge in [-0.1, -0.05) is 30.7 Å². The Morgan fingerprint density at radius 1 is 1.20 bits per heavy atom. The highest BCUT2D eigenvalue weighted by Gasteiger charge is 2.04. The lowest BCUT2D eigenvalue weighted by Gasteiger charge is -2.07. The van der Waals surface area contributed by atoms with E-state index in [1.165, 1.54) is 11.6 Å². The molecule has 1 N–H and O–H groups in total. The summed E-state index contributed by atoms with van der Waals surface area (Å²) in [7, 11) is 0. The smallest absolute Gasteiger partial charge is 0.127 e. The van der Waals surface area contributed by atoms with Crippen molar-refractivity contribution in [2.24, 2.45) is 0 Å². The number of rotatable bonds is 6. The van der Waals surface area contributed by atoms with Crippen LogP contribution in [0.15, 0.2) is 47.4 Å². The molecule has 0 aliphatic carbocycles. The molecule has 2 aromatic carbocycles. The highest BCUT2D eigenvalue weighted by atomic mass is 35.5. The molecule has 0 fully saturated rings. The zero-order chi connectivity index (χ0) is 14.4. The summed E-state index contributed by atoms with van der Waals surface area (Å²) >= 11 is 7.51. The molecule has 0 aliphatic rings. The Labute approximate surface area is 128 Å². The molecule has 0 bridgehead atoms. The van der Waals surface area contributed by atoms with Crippen LogP contribution in [-0.2, 0) is 12.3 Å². The van der Waals surface area contributed by atoms with Crippen LogP contribution in [0.3, 0.4) is 0 Å². The first-order valence-electron chi connectivity index (χ1n) is 6.55. The lowest BCUT2D eigenvalue weighted by molar-refractivity contribution is 0.617. The molecule has 0 heterocycles. The molecule has 4 heteroatoms. The topological polar surface area (TPSA) is 12.0 Å². The van der Waals surface area contributed by atoms with Crippen molar-refractivity contribution in [3.8, 4) is 0 Å². The van der Waals surface area contributed by atoms with Crippen LogP contribution < -0.4 is 5.32 Å². The Morgan fingerprint density at radius 2 is 2.05 bits per heavy atom. The highest BCUT2D eigenvalue weighted by Crippen LogP contribution is 2.26. The van der Waals surface area contributed by atoms with Crippen molar-refractivity contribution >= 4 is 23.4 Å². The zero-order valence-electron chi connectivity index (χ0n) is 11.3. The minimum Gasteiger partial charge on any atom is -0.313 e. The maximum Gasteiger partial charge on any atom is 0.127 e. The minimum absolute atomic E-state index is 0.203. The molecule has 106 valence electrons. The lowest BCUT2D eigenvalue weighted by atomic mass is 10.2. The van der Waals surface area contributed by atoms with Gasteiger partial charge in [-0.05, 0) is 48.0 Å². The summed E-state index contributed by atoms with van der Waals surface area (Å²) in [4.78, 5) is 1.14. The third kappa shape index (κ3) is 4.51. The normalized spacial score (nSPS) is 10.8. The third-order valence-electron chi connectivity index (χ3n) is 2.88. The molecular weight excluding hydrogens is 293 g/mol. The summed E-state index contributed by atoms with van der Waals surface area (Å²) in [6.45, 7) is 3.89. The Kier molecular flexibility index (Phi) is 5.89. The van der Waals surface area contributed by atoms with Gasteiger partial charge in [0.25, 0.3) is 0 Å². The van der Waals surface area contributed by atoms with Crippen LogP contribution in [0.2, 0.25) is 5.02 Å². The largest absolute Gasteiger partial charge is 0.313 e. The highest BCUT2D eigenvalue weighted by molar-refractivity contribution is 7.98. The second kappa shape index (κ2) is 7.67. The molecule has 0 spiro atoms. The van der Waals surface area contributed by atoms with Crippen molar-refractivity contribution in [2.45, 2.75) is 24.1 Å². The summed E-state index contributed by atoms with van der Waals surface area (Å²) < 4.78 is 13.6. The number of nitrogens with one attached hydrogen (secondary N) is 1. The lowest BCUT2D eigenvalue weighted by Crippen LogP contribution is -2.11. The van der Waals surface area contributed by atoms with Gasteiger partial charge < -0.3 is 5.32 Å². The molecule has 0 radical (unpaired) electrons. The van der Waals surface area contributed by atoms with Gasteiger partial charge >= 0.3 is 0 Å². The third-order valence-corrected chi connectivity index (χ3v) is 4.16. The first kappa shape index (κ1) is 15.4. The van der Waals surface area contributed by atoms with Crippen molar-refractivity contribution in [3.63, 3.8) is 0 Å². The summed E-state index contributed by atoms with van der Waals surface area (Å²) in [5.74, 6) is 0.377. The van der Waals surface area contributed by atoms with Gasteiger partial charge in [0.2, 0.25) is 0 Å². The van der Waals surface area contributed by atoms with Crippen LogP contribution in [0.25, 0.3) is 0 Å². The number of thioether (sulfide) groups is 1. The molecule has 0 saturated heterocycles. The molecule has 0 amide bonds. The van der Waals surface area contributed by atoms with E-state index in [2.05, 4.69) is 24.4 Å². The molecular formula is C16H17ClFNS. The van der Waals surface area contributed by atoms with Crippen LogP contribution in [-0.4, -0.2) is 6.54 Å². The number of halogens is 2. The van der Waals surface area contributed by atoms with E-state index < -0.39 is 0 Å². The zero-order valence-corrected chi connectivity index (χ0v) is 12.9. The molecule has 2 rings (SSSR count). The van der Waals surface area contributed by atoms with E-state index in [0.717, 1.165) is 18.0 Å². The fraction of sp³-hybridized carbons (Fsp3) is 0.250. The van der Waals surface area contributed by atoms with Crippen molar-refractivity contribution < 1.29 is 4.39 Å². The maximum absolute atomic E-state index is 13.6. The van der Waals surface area contributed by atoms with Gasteiger partial charge in [0.05, 0.1) is 0 Å². The fourth-order valence-electron chi connectivity index (χ4n) is 1.83. The maximum atomic E-state index is 13.6. The van der Waals surface area contributed by atoms with Crippen molar-refractivity contribution in [3.05, 3.63) is 64.4 Å². The van der Waals surface area contributed by atoms with Crippen LogP contribution >= 0.6 is 23.4 Å². The van der Waals surface area contributed by atoms with Gasteiger partial charge in [0, 0.05) is 22.2 Å². The molecule has 0 atom stereocenters. The quantitative estimate of drug-likeness (QED) is 0.763. The molecule has 0 saturated carbocycles. The first-order chi connectivity index (χ1) is 9.69. The summed E-state index contributed by atoms with van der Waals surface area (Å²) in [5, 5.41) is 3.87. The summed E-state index contributed by atoms with van der Waals surface area (Å²) in [6.07, 6.45) is 0. The van der Waals surface area contributed by atoms with E-state index in [0.29, 0.717) is 16.3 Å². The predicted molar refractivity (Wildman–Crippen MR) is 84.8 cm³/mol. The molecule has 1 nitrogen and oxygen atoms in total. The monoisotopic (exact) mass is 309 g/mol. The van der Waals surface area contributed by atoms with Gasteiger partial charge in [-0.3, -0.25) is 0 Å². The van der Waals surface area contributed by atoms with Gasteiger partial charge in [-0.25, -0.2) is 4.39 Å². The molecule has 20 heavy (non-hydrogen) atoms. The molecule has 0 aliphatic heterocycles. The van der Waals surface area contributed by atoms with Gasteiger partial charge in [-0.15, -0.1) is 11.8 Å². The second-order valence-electron chi connectivity index (χ2n) is 4.45. The minimum atomic E-state index is -0.203. The van der Waals surface area contributed by atoms with E-state index in [4.69, 9.17) is 11.6 Å². The molecule has 0 aromatic heterocycles. The Bertz CT molecular complexity index is 574.